The van der Waals surface area contributed by atoms with E-state index < -0.39 is 26.6 Å². The van der Waals surface area contributed by atoms with Gasteiger partial charge in [-0.25, -0.2) is 21.9 Å². The first-order chi connectivity index (χ1) is 13.0. The zero-order valence-electron chi connectivity index (χ0n) is 14.8. The third-order valence-corrected chi connectivity index (χ3v) is 5.94. The number of hydrogen-bond donors (Lipinski definition) is 1. The summed E-state index contributed by atoms with van der Waals surface area (Å²) in [5.74, 6) is -1.91. The van der Waals surface area contributed by atoms with Crippen molar-refractivity contribution in [1.82, 2.24) is 9.62 Å². The molecule has 0 amide bonds. The Morgan fingerprint density at radius 1 is 1.15 bits per heavy atom. The number of nitrogens with one attached hydrogen (secondary N) is 1. The molecule has 1 unspecified atom stereocenters. The standard InChI is InChI=1S/C19H22F2N2O3S/c20-16-7-8-19(17(21)13-16)27(24,25)22-9-4-10-23-11-12-26-18(14-23)15-5-2-1-3-6-15/h1-3,5-8,13,18,22H,4,9-12,14H2. The van der Waals surface area contributed by atoms with Crippen LogP contribution in [0.25, 0.3) is 0 Å². The minimum Gasteiger partial charge on any atom is -0.371 e. The van der Waals surface area contributed by atoms with Crippen molar-refractivity contribution in [2.45, 2.75) is 17.4 Å². The van der Waals surface area contributed by atoms with E-state index in [0.717, 1.165) is 30.8 Å². The Hall–Kier alpha value is -1.87. The zero-order chi connectivity index (χ0) is 19.3. The summed E-state index contributed by atoms with van der Waals surface area (Å²) in [5.41, 5.74) is 1.12. The van der Waals surface area contributed by atoms with E-state index in [-0.39, 0.29) is 12.6 Å². The highest BCUT2D eigenvalue weighted by molar-refractivity contribution is 7.89. The highest BCUT2D eigenvalue weighted by atomic mass is 32.2. The number of halogens is 2. The first-order valence-corrected chi connectivity index (χ1v) is 10.3. The van der Waals surface area contributed by atoms with Crippen molar-refractivity contribution < 1.29 is 21.9 Å². The van der Waals surface area contributed by atoms with Gasteiger partial charge < -0.3 is 4.74 Å². The van der Waals surface area contributed by atoms with Gasteiger partial charge in [0.1, 0.15) is 16.5 Å². The molecule has 2 aromatic carbocycles. The average Bonchev–Trinajstić information content (AvgIpc) is 2.66. The lowest BCUT2D eigenvalue weighted by molar-refractivity contribution is -0.0300. The monoisotopic (exact) mass is 396 g/mol. The molecule has 3 rings (SSSR count). The van der Waals surface area contributed by atoms with Crippen molar-refractivity contribution >= 4 is 10.0 Å². The summed E-state index contributed by atoms with van der Waals surface area (Å²) in [6.45, 7) is 3.01. The topological polar surface area (TPSA) is 58.6 Å². The molecule has 27 heavy (non-hydrogen) atoms. The lowest BCUT2D eigenvalue weighted by Gasteiger charge is -2.33. The lowest BCUT2D eigenvalue weighted by Crippen LogP contribution is -2.39. The number of ether oxygens (including phenoxy) is 1. The Morgan fingerprint density at radius 3 is 2.67 bits per heavy atom. The van der Waals surface area contributed by atoms with Gasteiger partial charge in [0.05, 0.1) is 12.7 Å². The molecule has 1 atom stereocenters. The van der Waals surface area contributed by atoms with Gasteiger partial charge in [-0.15, -0.1) is 0 Å². The summed E-state index contributed by atoms with van der Waals surface area (Å²) < 4.78 is 59.1. The fraction of sp³-hybridized carbons (Fsp3) is 0.368. The Kier molecular flexibility index (Phi) is 6.54. The predicted molar refractivity (Wildman–Crippen MR) is 97.7 cm³/mol. The van der Waals surface area contributed by atoms with E-state index in [2.05, 4.69) is 9.62 Å². The molecule has 0 aromatic heterocycles. The van der Waals surface area contributed by atoms with Crippen LogP contribution in [0, 0.1) is 11.6 Å². The molecule has 1 aliphatic rings. The first kappa shape index (κ1) is 19.9. The molecule has 1 saturated heterocycles. The fourth-order valence-electron chi connectivity index (χ4n) is 3.06. The molecule has 0 saturated carbocycles. The Balaban J connectivity index is 1.48. The number of hydrogen-bond acceptors (Lipinski definition) is 4. The second-order valence-corrected chi connectivity index (χ2v) is 8.13. The molecular formula is C19H22F2N2O3S. The van der Waals surface area contributed by atoms with Crippen molar-refractivity contribution in [3.8, 4) is 0 Å². The summed E-state index contributed by atoms with van der Waals surface area (Å²) in [5, 5.41) is 0. The van der Waals surface area contributed by atoms with Gasteiger partial charge in [-0.05, 0) is 30.7 Å². The molecule has 0 aliphatic carbocycles. The second-order valence-electron chi connectivity index (χ2n) is 6.40. The maximum Gasteiger partial charge on any atom is 0.243 e. The Labute approximate surface area is 158 Å². The highest BCUT2D eigenvalue weighted by Crippen LogP contribution is 2.22. The SMILES string of the molecule is O=S(=O)(NCCCN1CCOC(c2ccccc2)C1)c1ccc(F)cc1F. The third-order valence-electron chi connectivity index (χ3n) is 4.45. The minimum absolute atomic E-state index is 0.00459. The molecule has 2 aromatic rings. The summed E-state index contributed by atoms with van der Waals surface area (Å²) >= 11 is 0. The normalized spacial score (nSPS) is 18.5. The molecule has 5 nitrogen and oxygen atoms in total. The molecule has 0 bridgehead atoms. The van der Waals surface area contributed by atoms with E-state index in [1.54, 1.807) is 0 Å². The van der Waals surface area contributed by atoms with E-state index in [9.17, 15) is 17.2 Å². The number of rotatable bonds is 7. The van der Waals surface area contributed by atoms with E-state index in [0.29, 0.717) is 25.6 Å². The van der Waals surface area contributed by atoms with Gasteiger partial charge in [0, 0.05) is 25.7 Å². The van der Waals surface area contributed by atoms with Gasteiger partial charge in [0.15, 0.2) is 0 Å². The van der Waals surface area contributed by atoms with Gasteiger partial charge in [-0.2, -0.15) is 0 Å². The van der Waals surface area contributed by atoms with Crippen molar-refractivity contribution in [3.05, 3.63) is 65.7 Å². The average molecular weight is 396 g/mol. The summed E-state index contributed by atoms with van der Waals surface area (Å²) in [4.78, 5) is 1.67. The van der Waals surface area contributed by atoms with Gasteiger partial charge in [0.2, 0.25) is 10.0 Å². The van der Waals surface area contributed by atoms with Crippen LogP contribution in [0.3, 0.4) is 0 Å². The first-order valence-electron chi connectivity index (χ1n) is 8.79. The third kappa shape index (κ3) is 5.32. The lowest BCUT2D eigenvalue weighted by atomic mass is 10.1. The predicted octanol–water partition coefficient (Wildman–Crippen LogP) is 2.71. The molecule has 0 spiro atoms. The second kappa shape index (κ2) is 8.88. The van der Waals surface area contributed by atoms with Crippen LogP contribution in [0.4, 0.5) is 8.78 Å². The van der Waals surface area contributed by atoms with Crippen LogP contribution in [-0.2, 0) is 14.8 Å². The van der Waals surface area contributed by atoms with Crippen LogP contribution in [0.2, 0.25) is 0 Å². The van der Waals surface area contributed by atoms with E-state index >= 15 is 0 Å². The number of morpholine rings is 1. The molecule has 1 heterocycles. The van der Waals surface area contributed by atoms with E-state index in [4.69, 9.17) is 4.74 Å². The number of nitrogens with zero attached hydrogens (tertiary/aromatic N) is 1. The maximum absolute atomic E-state index is 13.7. The number of sulfonamides is 1. The zero-order valence-corrected chi connectivity index (χ0v) is 15.6. The van der Waals surface area contributed by atoms with Crippen LogP contribution in [0.15, 0.2) is 53.4 Å². The van der Waals surface area contributed by atoms with Crippen LogP contribution in [0.1, 0.15) is 18.1 Å². The molecular weight excluding hydrogens is 374 g/mol. The van der Waals surface area contributed by atoms with Crippen molar-refractivity contribution in [1.29, 1.82) is 0 Å². The summed E-state index contributed by atoms with van der Waals surface area (Å²) in [6, 6.07) is 12.4. The Morgan fingerprint density at radius 2 is 1.93 bits per heavy atom. The summed E-state index contributed by atoms with van der Waals surface area (Å²) in [7, 11) is -4.00. The minimum atomic E-state index is -4.00. The summed E-state index contributed by atoms with van der Waals surface area (Å²) in [6.07, 6.45) is 0.578. The van der Waals surface area contributed by atoms with E-state index in [1.807, 2.05) is 30.3 Å². The molecule has 1 N–H and O–H groups in total. The van der Waals surface area contributed by atoms with Crippen molar-refractivity contribution in [2.75, 3.05) is 32.8 Å². The van der Waals surface area contributed by atoms with Crippen LogP contribution in [0.5, 0.6) is 0 Å². The maximum atomic E-state index is 13.7. The van der Waals surface area contributed by atoms with Gasteiger partial charge in [-0.1, -0.05) is 30.3 Å². The Bertz CT molecular complexity index is 863. The fourth-order valence-corrected chi connectivity index (χ4v) is 4.19. The van der Waals surface area contributed by atoms with Crippen LogP contribution < -0.4 is 4.72 Å². The smallest absolute Gasteiger partial charge is 0.243 e. The highest BCUT2D eigenvalue weighted by Gasteiger charge is 2.22. The molecule has 146 valence electrons. The van der Waals surface area contributed by atoms with Gasteiger partial charge in [0.25, 0.3) is 0 Å². The molecule has 1 fully saturated rings. The number of benzene rings is 2. The van der Waals surface area contributed by atoms with Crippen LogP contribution >= 0.6 is 0 Å². The van der Waals surface area contributed by atoms with Gasteiger partial charge in [-0.3, -0.25) is 4.90 Å². The van der Waals surface area contributed by atoms with Crippen LogP contribution in [-0.4, -0.2) is 46.1 Å². The molecule has 8 heteroatoms. The van der Waals surface area contributed by atoms with Crippen molar-refractivity contribution in [2.24, 2.45) is 0 Å². The largest absolute Gasteiger partial charge is 0.371 e. The molecule has 1 aliphatic heterocycles. The molecule has 0 radical (unpaired) electrons. The van der Waals surface area contributed by atoms with Gasteiger partial charge >= 0.3 is 0 Å². The quantitative estimate of drug-likeness (QED) is 0.731. The van der Waals surface area contributed by atoms with Crippen molar-refractivity contribution in [3.63, 3.8) is 0 Å². The van der Waals surface area contributed by atoms with E-state index in [1.165, 1.54) is 0 Å².